The predicted octanol–water partition coefficient (Wildman–Crippen LogP) is 3.92. The Balaban J connectivity index is 1.91. The maximum atomic E-state index is 13.5. The van der Waals surface area contributed by atoms with E-state index in [2.05, 4.69) is 10.6 Å². The van der Waals surface area contributed by atoms with Gasteiger partial charge < -0.3 is 10.6 Å². The molecule has 2 rings (SSSR count). The molecule has 0 aliphatic rings. The van der Waals surface area contributed by atoms with Crippen molar-refractivity contribution < 1.29 is 9.31 Å². The Kier molecular flexibility index (Phi) is 5.84. The summed E-state index contributed by atoms with van der Waals surface area (Å²) in [6.45, 7) is 0.416. The van der Waals surface area contributed by atoms with Gasteiger partial charge in [-0.25, -0.2) is 4.39 Å². The second kappa shape index (κ2) is 7.85. The van der Waals surface area contributed by atoms with Crippen LogP contribution in [0.5, 0.6) is 0 Å². The van der Waals surface area contributed by atoms with E-state index in [1.807, 2.05) is 0 Å². The normalized spacial score (nSPS) is 10.2. The van der Waals surface area contributed by atoms with E-state index in [1.54, 1.807) is 18.2 Å². The van der Waals surface area contributed by atoms with Crippen molar-refractivity contribution in [2.24, 2.45) is 0 Å². The van der Waals surface area contributed by atoms with E-state index in [0.717, 1.165) is 0 Å². The number of nitrogens with zero attached hydrogens (tertiary/aromatic N) is 1. The fourth-order valence-electron chi connectivity index (χ4n) is 1.90. The van der Waals surface area contributed by atoms with Gasteiger partial charge in [0.2, 0.25) is 0 Å². The van der Waals surface area contributed by atoms with E-state index in [1.165, 1.54) is 24.3 Å². The van der Waals surface area contributed by atoms with Crippen molar-refractivity contribution in [1.29, 1.82) is 0 Å². The first-order chi connectivity index (χ1) is 11.0. The molecular formula is C15H13ClFN3O2S. The van der Waals surface area contributed by atoms with Crippen molar-refractivity contribution in [2.45, 2.75) is 6.42 Å². The minimum absolute atomic E-state index is 0.0916. The zero-order chi connectivity index (χ0) is 16.8. The molecule has 0 spiro atoms. The van der Waals surface area contributed by atoms with Gasteiger partial charge in [-0.2, -0.15) is 0 Å². The van der Waals surface area contributed by atoms with Crippen LogP contribution in [0, 0.1) is 15.9 Å². The molecule has 23 heavy (non-hydrogen) atoms. The molecule has 2 aromatic carbocycles. The highest BCUT2D eigenvalue weighted by Crippen LogP contribution is 2.26. The molecule has 0 heterocycles. The first-order valence-corrected chi connectivity index (χ1v) is 7.48. The Bertz CT molecular complexity index is 742. The zero-order valence-corrected chi connectivity index (χ0v) is 13.5. The second-order valence-electron chi connectivity index (χ2n) is 4.64. The summed E-state index contributed by atoms with van der Waals surface area (Å²) in [7, 11) is 0. The van der Waals surface area contributed by atoms with E-state index in [0.29, 0.717) is 29.2 Å². The van der Waals surface area contributed by atoms with Gasteiger partial charge in [-0.3, -0.25) is 10.1 Å². The molecule has 0 unspecified atom stereocenters. The van der Waals surface area contributed by atoms with Crippen LogP contribution in [0.15, 0.2) is 42.5 Å². The Labute approximate surface area is 142 Å². The van der Waals surface area contributed by atoms with Gasteiger partial charge in [-0.1, -0.05) is 29.8 Å². The van der Waals surface area contributed by atoms with Crippen molar-refractivity contribution >= 4 is 40.3 Å². The molecular weight excluding hydrogens is 341 g/mol. The number of non-ortho nitro benzene ring substituents is 1. The number of nitro benzene ring substituents is 1. The minimum atomic E-state index is -0.518. The molecule has 0 amide bonds. The highest BCUT2D eigenvalue weighted by molar-refractivity contribution is 7.80. The van der Waals surface area contributed by atoms with Gasteiger partial charge in [0.25, 0.3) is 5.69 Å². The zero-order valence-electron chi connectivity index (χ0n) is 11.9. The van der Waals surface area contributed by atoms with Gasteiger partial charge in [0.15, 0.2) is 5.11 Å². The van der Waals surface area contributed by atoms with Crippen molar-refractivity contribution in [3.8, 4) is 0 Å². The third-order valence-corrected chi connectivity index (χ3v) is 3.62. The van der Waals surface area contributed by atoms with Crippen molar-refractivity contribution in [3.63, 3.8) is 0 Å². The molecule has 0 radical (unpaired) electrons. The van der Waals surface area contributed by atoms with Gasteiger partial charge in [-0.15, -0.1) is 0 Å². The van der Waals surface area contributed by atoms with Gasteiger partial charge in [0, 0.05) is 18.7 Å². The van der Waals surface area contributed by atoms with Crippen LogP contribution in [-0.4, -0.2) is 16.6 Å². The molecule has 8 heteroatoms. The van der Waals surface area contributed by atoms with E-state index in [4.69, 9.17) is 23.8 Å². The van der Waals surface area contributed by atoms with Gasteiger partial charge >= 0.3 is 0 Å². The number of nitrogens with one attached hydrogen (secondary N) is 2. The summed E-state index contributed by atoms with van der Waals surface area (Å²) in [5.41, 5.74) is 0.825. The van der Waals surface area contributed by atoms with Gasteiger partial charge in [0.1, 0.15) is 5.82 Å². The van der Waals surface area contributed by atoms with Crippen LogP contribution in [0.4, 0.5) is 15.8 Å². The summed E-state index contributed by atoms with van der Waals surface area (Å²) in [6.07, 6.45) is 0.456. The molecule has 0 aliphatic carbocycles. The van der Waals surface area contributed by atoms with Crippen LogP contribution in [0.2, 0.25) is 5.02 Å². The quantitative estimate of drug-likeness (QED) is 0.484. The number of halogens is 2. The number of benzene rings is 2. The topological polar surface area (TPSA) is 67.2 Å². The first kappa shape index (κ1) is 17.1. The average molecular weight is 354 g/mol. The number of rotatable bonds is 5. The molecule has 0 fully saturated rings. The molecule has 2 aromatic rings. The lowest BCUT2D eigenvalue weighted by Crippen LogP contribution is -2.30. The molecule has 0 bridgehead atoms. The Hall–Kier alpha value is -2.25. The first-order valence-electron chi connectivity index (χ1n) is 6.69. The molecule has 2 N–H and O–H groups in total. The van der Waals surface area contributed by atoms with Crippen LogP contribution in [0.25, 0.3) is 0 Å². The van der Waals surface area contributed by atoms with E-state index in [-0.39, 0.29) is 16.6 Å². The van der Waals surface area contributed by atoms with Crippen LogP contribution < -0.4 is 10.6 Å². The van der Waals surface area contributed by atoms with E-state index in [9.17, 15) is 14.5 Å². The summed E-state index contributed by atoms with van der Waals surface area (Å²) in [4.78, 5) is 10.2. The van der Waals surface area contributed by atoms with Gasteiger partial charge in [-0.05, 0) is 36.3 Å². The molecule has 0 atom stereocenters. The van der Waals surface area contributed by atoms with Crippen molar-refractivity contribution in [1.82, 2.24) is 5.32 Å². The number of hydrogen-bond acceptors (Lipinski definition) is 3. The Morgan fingerprint density at radius 2 is 2.04 bits per heavy atom. The Morgan fingerprint density at radius 3 is 2.74 bits per heavy atom. The van der Waals surface area contributed by atoms with Crippen molar-refractivity contribution in [2.75, 3.05) is 11.9 Å². The Morgan fingerprint density at radius 1 is 1.30 bits per heavy atom. The van der Waals surface area contributed by atoms with Crippen LogP contribution >= 0.6 is 23.8 Å². The van der Waals surface area contributed by atoms with Crippen LogP contribution in [-0.2, 0) is 6.42 Å². The summed E-state index contributed by atoms with van der Waals surface area (Å²) >= 11 is 11.1. The molecule has 0 aliphatic heterocycles. The molecule has 0 saturated carbocycles. The monoisotopic (exact) mass is 353 g/mol. The smallest absolute Gasteiger partial charge is 0.271 e. The fraction of sp³-hybridized carbons (Fsp3) is 0.133. The summed E-state index contributed by atoms with van der Waals surface area (Å²) in [5.74, 6) is -0.269. The average Bonchev–Trinajstić information content (AvgIpc) is 2.51. The number of hydrogen-bond donors (Lipinski definition) is 2. The van der Waals surface area contributed by atoms with E-state index >= 15 is 0 Å². The molecule has 0 saturated heterocycles. The minimum Gasteiger partial charge on any atom is -0.362 e. The van der Waals surface area contributed by atoms with E-state index < -0.39 is 4.92 Å². The number of thiocarbonyl (C=S) groups is 1. The largest absolute Gasteiger partial charge is 0.362 e. The summed E-state index contributed by atoms with van der Waals surface area (Å²) < 4.78 is 13.5. The number of anilines is 1. The summed E-state index contributed by atoms with van der Waals surface area (Å²) in [5, 5.41) is 17.0. The standard InChI is InChI=1S/C15H13ClFN3O2S/c16-12-6-5-11(20(21)22)9-14(12)19-15(23)18-8-7-10-3-1-2-4-13(10)17/h1-6,9H,7-8H2,(H2,18,19,23). The SMILES string of the molecule is O=[N+]([O-])c1ccc(Cl)c(NC(=S)NCCc2ccccc2F)c1. The number of nitro groups is 1. The maximum absolute atomic E-state index is 13.5. The van der Waals surface area contributed by atoms with Crippen LogP contribution in [0.1, 0.15) is 5.56 Å². The lowest BCUT2D eigenvalue weighted by atomic mass is 10.1. The molecule has 120 valence electrons. The fourth-order valence-corrected chi connectivity index (χ4v) is 2.28. The summed E-state index contributed by atoms with van der Waals surface area (Å²) in [6, 6.07) is 10.5. The lowest BCUT2D eigenvalue weighted by molar-refractivity contribution is -0.384. The highest BCUT2D eigenvalue weighted by atomic mass is 35.5. The lowest BCUT2D eigenvalue weighted by Gasteiger charge is -2.12. The maximum Gasteiger partial charge on any atom is 0.271 e. The highest BCUT2D eigenvalue weighted by Gasteiger charge is 2.10. The molecule has 0 aromatic heterocycles. The predicted molar refractivity (Wildman–Crippen MR) is 92.4 cm³/mol. The molecule has 5 nitrogen and oxygen atoms in total. The third kappa shape index (κ3) is 4.87. The third-order valence-electron chi connectivity index (χ3n) is 3.05. The second-order valence-corrected chi connectivity index (χ2v) is 5.46. The van der Waals surface area contributed by atoms with Gasteiger partial charge in [0.05, 0.1) is 15.6 Å². The van der Waals surface area contributed by atoms with Crippen molar-refractivity contribution in [3.05, 3.63) is 69.0 Å². The van der Waals surface area contributed by atoms with Crippen LogP contribution in [0.3, 0.4) is 0 Å².